The number of carbonyl (C=O) groups excluding carboxylic acids is 3. The van der Waals surface area contributed by atoms with Crippen LogP contribution in [0.25, 0.3) is 22.5 Å². The lowest BCUT2D eigenvalue weighted by atomic mass is 9.77. The predicted octanol–water partition coefficient (Wildman–Crippen LogP) is 5.67. The minimum absolute atomic E-state index is 0.0131. The zero-order chi connectivity index (χ0) is 43.3. The summed E-state index contributed by atoms with van der Waals surface area (Å²) < 4.78 is 43.0. The highest BCUT2D eigenvalue weighted by Crippen LogP contribution is 2.37. The van der Waals surface area contributed by atoms with Gasteiger partial charge in [-0.1, -0.05) is 25.0 Å². The van der Waals surface area contributed by atoms with Crippen molar-refractivity contribution in [3.8, 4) is 11.5 Å². The molecule has 2 aliphatic carbocycles. The Balaban J connectivity index is 0.745. The first kappa shape index (κ1) is 43.1. The molecule has 5 heterocycles. The van der Waals surface area contributed by atoms with E-state index in [1.54, 1.807) is 36.0 Å². The van der Waals surface area contributed by atoms with Gasteiger partial charge in [-0.15, -0.1) is 0 Å². The Morgan fingerprint density at radius 2 is 1.85 bits per heavy atom. The number of fused-ring (bicyclic) bond motifs is 1. The molecule has 15 nitrogen and oxygen atoms in total. The van der Waals surface area contributed by atoms with Gasteiger partial charge in [-0.25, -0.2) is 23.5 Å². The number of hydrogen-bond donors (Lipinski definition) is 3. The van der Waals surface area contributed by atoms with Crippen molar-refractivity contribution in [1.29, 1.82) is 0 Å². The van der Waals surface area contributed by atoms with Gasteiger partial charge in [0.25, 0.3) is 12.3 Å². The minimum atomic E-state index is -2.83. The van der Waals surface area contributed by atoms with Crippen molar-refractivity contribution < 1.29 is 32.3 Å². The second kappa shape index (κ2) is 19.2. The van der Waals surface area contributed by atoms with E-state index < -0.39 is 36.0 Å². The first-order valence-corrected chi connectivity index (χ1v) is 21.9. The predicted molar refractivity (Wildman–Crippen MR) is 229 cm³/mol. The molecule has 0 radical (unpaired) electrons. The lowest BCUT2D eigenvalue weighted by molar-refractivity contribution is -0.135. The number of piperidine rings is 1. The van der Waals surface area contributed by atoms with Gasteiger partial charge >= 0.3 is 5.69 Å². The van der Waals surface area contributed by atoms with Crippen LogP contribution in [0.5, 0.6) is 0 Å². The monoisotopic (exact) mass is 855 g/mol. The van der Waals surface area contributed by atoms with Gasteiger partial charge in [0.05, 0.1) is 29.4 Å². The van der Waals surface area contributed by atoms with Gasteiger partial charge in [0, 0.05) is 44.9 Å². The van der Waals surface area contributed by atoms with E-state index in [2.05, 4.69) is 42.9 Å². The number of amides is 3. The summed E-state index contributed by atoms with van der Waals surface area (Å²) >= 11 is 0. The van der Waals surface area contributed by atoms with E-state index in [0.717, 1.165) is 69.2 Å². The molecule has 3 aromatic heterocycles. The van der Waals surface area contributed by atoms with Crippen molar-refractivity contribution >= 4 is 40.3 Å². The molecule has 1 aromatic carbocycles. The average Bonchev–Trinajstić information content (AvgIpc) is 3.67. The molecule has 8 rings (SSSR count). The molecular weight excluding hydrogens is 801 g/mol. The molecule has 2 aliphatic heterocycles. The number of rotatable bonds is 19. The van der Waals surface area contributed by atoms with Crippen molar-refractivity contribution in [2.45, 2.75) is 89.1 Å². The summed E-state index contributed by atoms with van der Waals surface area (Å²) in [5, 5.41) is 8.29. The van der Waals surface area contributed by atoms with Gasteiger partial charge in [-0.3, -0.25) is 33.8 Å². The lowest BCUT2D eigenvalue weighted by Crippen LogP contribution is -2.44. The number of oxazole rings is 1. The Labute approximate surface area is 358 Å². The van der Waals surface area contributed by atoms with Crippen LogP contribution in [0.3, 0.4) is 0 Å². The first-order valence-electron chi connectivity index (χ1n) is 21.9. The summed E-state index contributed by atoms with van der Waals surface area (Å²) in [6, 6.07) is 8.15. The molecule has 1 saturated heterocycles. The molecule has 2 atom stereocenters. The highest BCUT2D eigenvalue weighted by Gasteiger charge is 2.35. The van der Waals surface area contributed by atoms with Crippen molar-refractivity contribution in [3.63, 3.8) is 0 Å². The Hall–Kier alpha value is -5.55. The number of allylic oxidation sites excluding steroid dienone is 1. The summed E-state index contributed by atoms with van der Waals surface area (Å²) in [4.78, 5) is 66.0. The molecular formula is C45H55F2N9O6. The minimum Gasteiger partial charge on any atom is -0.444 e. The number of hydrogen-bond acceptors (Lipinski definition) is 11. The summed E-state index contributed by atoms with van der Waals surface area (Å²) in [5.41, 5.74) is 2.48. The van der Waals surface area contributed by atoms with E-state index in [1.807, 2.05) is 18.2 Å². The summed E-state index contributed by atoms with van der Waals surface area (Å²) in [7, 11) is 3.80. The van der Waals surface area contributed by atoms with Gasteiger partial charge in [0.15, 0.2) is 5.69 Å². The van der Waals surface area contributed by atoms with E-state index in [0.29, 0.717) is 54.8 Å². The van der Waals surface area contributed by atoms with Crippen LogP contribution < -0.4 is 21.6 Å². The molecule has 1 unspecified atom stereocenters. The molecule has 2 saturated carbocycles. The van der Waals surface area contributed by atoms with Gasteiger partial charge in [-0.05, 0) is 113 Å². The Morgan fingerprint density at radius 3 is 2.63 bits per heavy atom. The number of anilines is 1. The molecule has 0 bridgehead atoms. The molecule has 4 aliphatic rings. The Bertz CT molecular complexity index is 2390. The van der Waals surface area contributed by atoms with Crippen molar-refractivity contribution in [1.82, 2.24) is 34.6 Å². The van der Waals surface area contributed by atoms with E-state index in [1.165, 1.54) is 23.7 Å². The maximum Gasteiger partial charge on any atom is 0.329 e. The number of ether oxygens (including phenoxy) is 1. The van der Waals surface area contributed by atoms with Gasteiger partial charge in [0.2, 0.25) is 17.7 Å². The van der Waals surface area contributed by atoms with Gasteiger partial charge < -0.3 is 24.7 Å². The number of likely N-dealkylation sites (N-methyl/N-ethyl adjacent to an activating group) is 1. The van der Waals surface area contributed by atoms with Crippen LogP contribution in [0.4, 0.5) is 14.6 Å². The number of imidazole rings is 1. The van der Waals surface area contributed by atoms with Crippen molar-refractivity contribution in [2.24, 2.45) is 29.8 Å². The van der Waals surface area contributed by atoms with Crippen LogP contribution in [0, 0.1) is 17.8 Å². The van der Waals surface area contributed by atoms with Crippen LogP contribution >= 0.6 is 0 Å². The molecule has 3 fully saturated rings. The molecule has 4 aromatic rings. The normalized spacial score (nSPS) is 21.7. The maximum absolute atomic E-state index is 14.2. The van der Waals surface area contributed by atoms with E-state index >= 15 is 0 Å². The molecule has 330 valence electrons. The lowest BCUT2D eigenvalue weighted by Gasteiger charge is -2.31. The number of nitrogens with zero attached hydrogens (tertiary/aromatic N) is 6. The third-order valence-corrected chi connectivity index (χ3v) is 12.7. The van der Waals surface area contributed by atoms with Crippen molar-refractivity contribution in [3.05, 3.63) is 76.3 Å². The number of para-hydroxylation sites is 1. The van der Waals surface area contributed by atoms with E-state index in [9.17, 15) is 28.0 Å². The number of aryl methyl sites for hydroxylation is 2. The summed E-state index contributed by atoms with van der Waals surface area (Å²) in [6.07, 6.45) is 10.9. The number of aromatic nitrogens is 4. The smallest absolute Gasteiger partial charge is 0.329 e. The fourth-order valence-electron chi connectivity index (χ4n) is 8.94. The number of nitrogens with one attached hydrogen (secondary N) is 3. The van der Waals surface area contributed by atoms with Crippen LogP contribution in [-0.2, 0) is 27.8 Å². The number of halogens is 2. The Morgan fingerprint density at radius 1 is 1.05 bits per heavy atom. The quantitative estimate of drug-likeness (QED) is 0.0787. The fraction of sp³-hybridized carbons (Fsp3) is 0.533. The molecule has 62 heavy (non-hydrogen) atoms. The number of alkyl halides is 2. The molecule has 17 heteroatoms. The van der Waals surface area contributed by atoms with Crippen molar-refractivity contribution in [2.75, 3.05) is 45.2 Å². The van der Waals surface area contributed by atoms with E-state index in [4.69, 9.17) is 9.15 Å². The summed E-state index contributed by atoms with van der Waals surface area (Å²) in [6.45, 7) is 3.73. The molecule has 3 N–H and O–H groups in total. The maximum atomic E-state index is 14.2. The number of pyridine rings is 1. The SMILES string of the molecule is CN(CCOCCCc1cccc2c1n(C)c(=O)n2C1CCC(=O)NC1=O)CCC1CCC([C@@H]2C=C(NC(=O)c3coc(-c4ccnc(NCC5CC5)c4)n3)C(C(F)F)=N2)CC1. The Kier molecular flexibility index (Phi) is 13.4. The third kappa shape index (κ3) is 10.0. The molecule has 0 spiro atoms. The second-order valence-electron chi connectivity index (χ2n) is 17.2. The van der Waals surface area contributed by atoms with Gasteiger partial charge in [-0.2, -0.15) is 0 Å². The standard InChI is InChI=1S/C45H55F2N9O6/c1-54(20-22-61-21-4-6-30-5-3-7-35-40(30)55(2)45(60)56(35)36-14-15-38(57)53-43(36)59)19-17-27-10-12-29(13-11-27)32-24-33(39(50-32)41(46)47)51-42(58)34-26-62-44(52-34)31-16-18-48-37(23-31)49-25-28-8-9-28/h3,5,7,16,18,23-24,26-29,32,36,41H,4,6,8-15,17,19-22,25H2,1-2H3,(H,48,49)(H,51,58)(H,53,57,59)/t27?,29?,32-,36?/m0/s1. The summed E-state index contributed by atoms with van der Waals surface area (Å²) in [5.74, 6) is 0.861. The van der Waals surface area contributed by atoms with Crippen LogP contribution in [0.1, 0.15) is 86.3 Å². The number of benzene rings is 1. The number of aliphatic imine (C=N–C) groups is 1. The first-order chi connectivity index (χ1) is 30.0. The highest BCUT2D eigenvalue weighted by molar-refractivity contribution is 6.08. The fourth-order valence-corrected chi connectivity index (χ4v) is 8.94. The molecule has 3 amide bonds. The third-order valence-electron chi connectivity index (χ3n) is 12.7. The van der Waals surface area contributed by atoms with Crippen LogP contribution in [-0.4, -0.2) is 99.8 Å². The highest BCUT2D eigenvalue weighted by atomic mass is 19.3. The number of carbonyl (C=O) groups is 3. The van der Waals surface area contributed by atoms with Gasteiger partial charge in [0.1, 0.15) is 23.8 Å². The number of imide groups is 1. The van der Waals surface area contributed by atoms with Crippen LogP contribution in [0.15, 0.2) is 68.8 Å². The zero-order valence-electron chi connectivity index (χ0n) is 35.3. The van der Waals surface area contributed by atoms with E-state index in [-0.39, 0.29) is 41.2 Å². The van der Waals surface area contributed by atoms with Crippen LogP contribution in [0.2, 0.25) is 0 Å². The largest absolute Gasteiger partial charge is 0.444 e. The zero-order valence-corrected chi connectivity index (χ0v) is 35.3. The second-order valence-corrected chi connectivity index (χ2v) is 17.2. The average molecular weight is 856 g/mol. The topological polar surface area (TPSA) is 178 Å².